The van der Waals surface area contributed by atoms with E-state index in [1.54, 1.807) is 6.20 Å². The fourth-order valence-corrected chi connectivity index (χ4v) is 2.03. The van der Waals surface area contributed by atoms with Gasteiger partial charge in [0.05, 0.1) is 6.04 Å². The number of carbonyl (C=O) groups excluding carboxylic acids is 1. The van der Waals surface area contributed by atoms with E-state index in [4.69, 9.17) is 0 Å². The van der Waals surface area contributed by atoms with E-state index in [1.165, 1.54) is 0 Å². The number of carbonyl (C=O) groups is 1. The Morgan fingerprint density at radius 3 is 3.00 bits per heavy atom. The number of aromatic nitrogens is 2. The lowest BCUT2D eigenvalue weighted by atomic mass is 10.1. The molecule has 0 bridgehead atoms. The molecule has 1 aromatic rings. The minimum atomic E-state index is -0.123. The minimum Gasteiger partial charge on any atom is -0.354 e. The number of nitrogens with zero attached hydrogens (tertiary/aromatic N) is 2. The fraction of sp³-hybridized carbons (Fsp3) is 0.667. The second kappa shape index (κ2) is 5.97. The first-order chi connectivity index (χ1) is 8.66. The molecule has 0 saturated carbocycles. The average molecular weight is 251 g/mol. The van der Waals surface area contributed by atoms with E-state index in [9.17, 15) is 4.79 Å². The van der Waals surface area contributed by atoms with Crippen LogP contribution in [-0.2, 0) is 18.3 Å². The van der Waals surface area contributed by atoms with Crippen LogP contribution in [0.1, 0.15) is 12.7 Å². The van der Waals surface area contributed by atoms with Crippen LogP contribution in [0.2, 0.25) is 0 Å². The van der Waals surface area contributed by atoms with E-state index in [0.717, 1.165) is 18.8 Å². The molecule has 1 aliphatic rings. The molecule has 6 heteroatoms. The van der Waals surface area contributed by atoms with Gasteiger partial charge in [-0.15, -0.1) is 0 Å². The largest absolute Gasteiger partial charge is 0.354 e. The molecular weight excluding hydrogens is 230 g/mol. The highest BCUT2D eigenvalue weighted by atomic mass is 16.2. The summed E-state index contributed by atoms with van der Waals surface area (Å²) in [6, 6.07) is 0.309. The Morgan fingerprint density at radius 2 is 2.39 bits per heavy atom. The van der Waals surface area contributed by atoms with Gasteiger partial charge in [-0.2, -0.15) is 0 Å². The van der Waals surface area contributed by atoms with E-state index in [-0.39, 0.29) is 11.9 Å². The van der Waals surface area contributed by atoms with E-state index >= 15 is 0 Å². The number of amides is 1. The van der Waals surface area contributed by atoms with Crippen LogP contribution in [-0.4, -0.2) is 47.2 Å². The topological polar surface area (TPSA) is 71.0 Å². The zero-order chi connectivity index (χ0) is 13.0. The second-order valence-electron chi connectivity index (χ2n) is 4.77. The van der Waals surface area contributed by atoms with Gasteiger partial charge in [0.1, 0.15) is 5.82 Å². The molecule has 1 saturated heterocycles. The zero-order valence-corrected chi connectivity index (χ0v) is 10.9. The summed E-state index contributed by atoms with van der Waals surface area (Å²) in [6.07, 6.45) is 4.43. The molecule has 0 radical (unpaired) electrons. The molecular formula is C12H21N5O. The normalized spacial score (nSPS) is 23.9. The molecule has 2 rings (SSSR count). The molecule has 1 aliphatic heterocycles. The number of rotatable bonds is 4. The van der Waals surface area contributed by atoms with Crippen LogP contribution in [0.3, 0.4) is 0 Å². The van der Waals surface area contributed by atoms with Crippen LogP contribution in [0, 0.1) is 0 Å². The second-order valence-corrected chi connectivity index (χ2v) is 4.77. The van der Waals surface area contributed by atoms with Crippen molar-refractivity contribution in [2.75, 3.05) is 19.6 Å². The number of hydrogen-bond acceptors (Lipinski definition) is 4. The quantitative estimate of drug-likeness (QED) is 0.644. The summed E-state index contributed by atoms with van der Waals surface area (Å²) in [5, 5.41) is 9.45. The van der Waals surface area contributed by atoms with Crippen LogP contribution < -0.4 is 16.0 Å². The Hall–Kier alpha value is -1.40. The summed E-state index contributed by atoms with van der Waals surface area (Å²) in [5.74, 6) is 1.04. The van der Waals surface area contributed by atoms with Crippen molar-refractivity contribution in [3.63, 3.8) is 0 Å². The number of imidazole rings is 1. The van der Waals surface area contributed by atoms with Crippen molar-refractivity contribution in [3.8, 4) is 0 Å². The number of nitrogens with one attached hydrogen (secondary N) is 3. The van der Waals surface area contributed by atoms with Crippen LogP contribution in [0.15, 0.2) is 12.4 Å². The van der Waals surface area contributed by atoms with E-state index < -0.39 is 0 Å². The molecule has 1 aromatic heterocycles. The van der Waals surface area contributed by atoms with E-state index in [0.29, 0.717) is 19.1 Å². The molecule has 2 atom stereocenters. The maximum absolute atomic E-state index is 11.9. The highest BCUT2D eigenvalue weighted by molar-refractivity contribution is 5.82. The lowest BCUT2D eigenvalue weighted by Crippen LogP contribution is -2.59. The predicted molar refractivity (Wildman–Crippen MR) is 69.2 cm³/mol. The van der Waals surface area contributed by atoms with Crippen LogP contribution in [0.4, 0.5) is 0 Å². The van der Waals surface area contributed by atoms with Gasteiger partial charge in [0.15, 0.2) is 0 Å². The third kappa shape index (κ3) is 3.30. The highest BCUT2D eigenvalue weighted by Gasteiger charge is 2.22. The average Bonchev–Trinajstić information content (AvgIpc) is 2.76. The molecule has 0 aliphatic carbocycles. The first-order valence-corrected chi connectivity index (χ1v) is 6.37. The van der Waals surface area contributed by atoms with Crippen LogP contribution in [0.25, 0.3) is 0 Å². The van der Waals surface area contributed by atoms with Gasteiger partial charge in [-0.05, 0) is 6.92 Å². The minimum absolute atomic E-state index is 0.0589. The van der Waals surface area contributed by atoms with Crippen LogP contribution in [0.5, 0.6) is 0 Å². The van der Waals surface area contributed by atoms with Gasteiger partial charge in [-0.3, -0.25) is 4.79 Å². The third-order valence-corrected chi connectivity index (χ3v) is 3.23. The standard InChI is InChI=1S/C12H21N5O/c1-9-7-16-10(8-15-9)12(18)14-4-3-11-13-5-6-17(11)2/h5-6,9-10,15-16H,3-4,7-8H2,1-2H3,(H,14,18). The number of piperazine rings is 1. The molecule has 0 aromatic carbocycles. The Balaban J connectivity index is 1.70. The summed E-state index contributed by atoms with van der Waals surface area (Å²) >= 11 is 0. The summed E-state index contributed by atoms with van der Waals surface area (Å²) in [7, 11) is 1.96. The van der Waals surface area contributed by atoms with Crippen molar-refractivity contribution in [1.82, 2.24) is 25.5 Å². The molecule has 18 heavy (non-hydrogen) atoms. The molecule has 1 fully saturated rings. The zero-order valence-electron chi connectivity index (χ0n) is 10.9. The van der Waals surface area contributed by atoms with Gasteiger partial charge < -0.3 is 20.5 Å². The van der Waals surface area contributed by atoms with Crippen molar-refractivity contribution in [1.29, 1.82) is 0 Å². The summed E-state index contributed by atoms with van der Waals surface area (Å²) < 4.78 is 1.97. The Labute approximate surface area is 107 Å². The Kier molecular flexibility index (Phi) is 4.33. The highest BCUT2D eigenvalue weighted by Crippen LogP contribution is 1.96. The van der Waals surface area contributed by atoms with Gasteiger partial charge in [-0.1, -0.05) is 0 Å². The van der Waals surface area contributed by atoms with Crippen LogP contribution >= 0.6 is 0 Å². The Morgan fingerprint density at radius 1 is 1.56 bits per heavy atom. The van der Waals surface area contributed by atoms with Gasteiger partial charge in [0, 0.05) is 51.5 Å². The van der Waals surface area contributed by atoms with Gasteiger partial charge >= 0.3 is 0 Å². The predicted octanol–water partition coefficient (Wildman–Crippen LogP) is -0.971. The third-order valence-electron chi connectivity index (χ3n) is 3.23. The van der Waals surface area contributed by atoms with Crippen molar-refractivity contribution < 1.29 is 4.79 Å². The SMILES string of the molecule is CC1CNC(C(=O)NCCc2nccn2C)CN1. The van der Waals surface area contributed by atoms with Crippen molar-refractivity contribution >= 4 is 5.91 Å². The Bertz CT molecular complexity index is 395. The molecule has 2 heterocycles. The summed E-state index contributed by atoms with van der Waals surface area (Å²) in [4.78, 5) is 16.1. The lowest BCUT2D eigenvalue weighted by Gasteiger charge is -2.28. The maximum atomic E-state index is 11.9. The van der Waals surface area contributed by atoms with Crippen molar-refractivity contribution in [2.45, 2.75) is 25.4 Å². The first kappa shape index (κ1) is 13.0. The maximum Gasteiger partial charge on any atom is 0.238 e. The van der Waals surface area contributed by atoms with Gasteiger partial charge in [0.2, 0.25) is 5.91 Å². The summed E-state index contributed by atoms with van der Waals surface area (Å²) in [6.45, 7) is 4.24. The van der Waals surface area contributed by atoms with Gasteiger partial charge in [-0.25, -0.2) is 4.98 Å². The molecule has 2 unspecified atom stereocenters. The molecule has 6 nitrogen and oxygen atoms in total. The lowest BCUT2D eigenvalue weighted by molar-refractivity contribution is -0.123. The van der Waals surface area contributed by atoms with E-state index in [2.05, 4.69) is 27.9 Å². The number of hydrogen-bond donors (Lipinski definition) is 3. The van der Waals surface area contributed by atoms with E-state index in [1.807, 2.05) is 17.8 Å². The number of aryl methyl sites for hydroxylation is 1. The molecule has 1 amide bonds. The molecule has 3 N–H and O–H groups in total. The monoisotopic (exact) mass is 251 g/mol. The van der Waals surface area contributed by atoms with Gasteiger partial charge in [0.25, 0.3) is 0 Å². The van der Waals surface area contributed by atoms with Crippen molar-refractivity contribution in [2.24, 2.45) is 7.05 Å². The summed E-state index contributed by atoms with van der Waals surface area (Å²) in [5.41, 5.74) is 0. The fourth-order valence-electron chi connectivity index (χ4n) is 2.03. The first-order valence-electron chi connectivity index (χ1n) is 6.37. The molecule has 100 valence electrons. The molecule has 0 spiro atoms. The van der Waals surface area contributed by atoms with Crippen molar-refractivity contribution in [3.05, 3.63) is 18.2 Å². The smallest absolute Gasteiger partial charge is 0.238 e.